The highest BCUT2D eigenvalue weighted by atomic mass is 16.3. The fraction of sp³-hybridized carbons (Fsp3) is 0.308. The van der Waals surface area contributed by atoms with Crippen LogP contribution in [-0.4, -0.2) is 15.0 Å². The number of furan rings is 1. The third-order valence-corrected chi connectivity index (χ3v) is 8.11. The zero-order chi connectivity index (χ0) is 30.7. The highest BCUT2D eigenvalue weighted by Gasteiger charge is 2.29. The van der Waals surface area contributed by atoms with E-state index in [-0.39, 0.29) is 16.2 Å². The first kappa shape index (κ1) is 28.8. The lowest BCUT2D eigenvalue weighted by Gasteiger charge is -2.25. The third kappa shape index (κ3) is 5.47. The molecule has 0 aliphatic carbocycles. The van der Waals surface area contributed by atoms with Crippen molar-refractivity contribution in [1.82, 2.24) is 15.0 Å². The van der Waals surface area contributed by atoms with Crippen LogP contribution in [0.15, 0.2) is 89.3 Å². The van der Waals surface area contributed by atoms with Crippen molar-refractivity contribution in [3.05, 3.63) is 102 Å². The minimum Gasteiger partial charge on any atom is -0.456 e. The summed E-state index contributed by atoms with van der Waals surface area (Å²) in [5.74, 6) is 1.96. The van der Waals surface area contributed by atoms with Gasteiger partial charge < -0.3 is 4.42 Å². The van der Waals surface area contributed by atoms with E-state index < -0.39 is 0 Å². The first-order valence-electron chi connectivity index (χ1n) is 15.1. The molecule has 0 fully saturated rings. The number of nitrogens with zero attached hydrogens (tertiary/aromatic N) is 3. The van der Waals surface area contributed by atoms with E-state index in [2.05, 4.69) is 86.6 Å². The van der Waals surface area contributed by atoms with Crippen molar-refractivity contribution in [3.8, 4) is 34.2 Å². The number of hydrogen-bond acceptors (Lipinski definition) is 4. The van der Waals surface area contributed by atoms with Gasteiger partial charge >= 0.3 is 0 Å². The molecule has 6 aromatic rings. The van der Waals surface area contributed by atoms with Gasteiger partial charge in [0.15, 0.2) is 17.5 Å². The second kappa shape index (κ2) is 10.2. The molecule has 0 aliphatic rings. The molecule has 2 aromatic heterocycles. The zero-order valence-corrected chi connectivity index (χ0v) is 26.8. The summed E-state index contributed by atoms with van der Waals surface area (Å²) in [5.41, 5.74) is 8.18. The predicted octanol–water partition coefficient (Wildman–Crippen LogP) is 10.7. The number of hydrogen-bond donors (Lipinski definition) is 0. The van der Waals surface area contributed by atoms with Crippen molar-refractivity contribution < 1.29 is 4.42 Å². The maximum atomic E-state index is 6.81. The van der Waals surface area contributed by atoms with Crippen molar-refractivity contribution in [2.75, 3.05) is 0 Å². The molecule has 4 heteroatoms. The molecule has 43 heavy (non-hydrogen) atoms. The van der Waals surface area contributed by atoms with E-state index in [1.165, 1.54) is 16.5 Å². The van der Waals surface area contributed by atoms with Gasteiger partial charge in [0.2, 0.25) is 0 Å². The van der Waals surface area contributed by atoms with Gasteiger partial charge in [0.25, 0.3) is 0 Å². The minimum atomic E-state index is -0.172. The van der Waals surface area contributed by atoms with Gasteiger partial charge in [-0.2, -0.15) is 0 Å². The Labute approximate surface area is 255 Å². The normalized spacial score (nSPS) is 12.8. The van der Waals surface area contributed by atoms with Crippen LogP contribution in [0, 0.1) is 0 Å². The first-order valence-corrected chi connectivity index (χ1v) is 15.1. The maximum absolute atomic E-state index is 6.81. The highest BCUT2D eigenvalue weighted by Crippen LogP contribution is 2.44. The van der Waals surface area contributed by atoms with E-state index in [9.17, 15) is 0 Å². The van der Waals surface area contributed by atoms with Crippen LogP contribution < -0.4 is 0 Å². The number of aromatic nitrogens is 3. The van der Waals surface area contributed by atoms with Crippen LogP contribution in [0.1, 0.15) is 79.0 Å². The van der Waals surface area contributed by atoms with Gasteiger partial charge in [0.1, 0.15) is 11.2 Å². The molecule has 0 aliphatic heterocycles. The Morgan fingerprint density at radius 1 is 0.488 bits per heavy atom. The summed E-state index contributed by atoms with van der Waals surface area (Å²) >= 11 is 0. The van der Waals surface area contributed by atoms with Crippen molar-refractivity contribution >= 4 is 21.9 Å². The van der Waals surface area contributed by atoms with Crippen molar-refractivity contribution in [3.63, 3.8) is 0 Å². The third-order valence-electron chi connectivity index (χ3n) is 8.11. The van der Waals surface area contributed by atoms with Crippen LogP contribution in [0.4, 0.5) is 0 Å². The maximum Gasteiger partial charge on any atom is 0.164 e. The summed E-state index contributed by atoms with van der Waals surface area (Å²) in [6.45, 7) is 20.3. The molecular weight excluding hydrogens is 526 g/mol. The van der Waals surface area contributed by atoms with Crippen LogP contribution in [0.2, 0.25) is 0 Å². The molecule has 4 aromatic carbocycles. The molecule has 0 radical (unpaired) electrons. The average Bonchev–Trinajstić information content (AvgIpc) is 3.34. The predicted molar refractivity (Wildman–Crippen MR) is 180 cm³/mol. The summed E-state index contributed by atoms with van der Waals surface area (Å²) in [6, 6.07) is 29.3. The second-order valence-electron chi connectivity index (χ2n) is 14.7. The van der Waals surface area contributed by atoms with Gasteiger partial charge in [-0.05, 0) is 45.6 Å². The van der Waals surface area contributed by atoms with Crippen molar-refractivity contribution in [1.29, 1.82) is 0 Å². The zero-order valence-electron chi connectivity index (χ0n) is 26.8. The van der Waals surface area contributed by atoms with Gasteiger partial charge in [-0.25, -0.2) is 15.0 Å². The Kier molecular flexibility index (Phi) is 6.80. The number of rotatable bonds is 3. The Morgan fingerprint density at radius 3 is 1.44 bits per heavy atom. The SMILES string of the molecule is CC(C)(C)c1cc(C(C)(C)C)c2c(c1)oc1c(C(C)(C)C)cc(-c3nc(-c4ccccc4)nc(-c4ccccc4)n3)cc12. The molecule has 218 valence electrons. The summed E-state index contributed by atoms with van der Waals surface area (Å²) < 4.78 is 6.81. The highest BCUT2D eigenvalue weighted by molar-refractivity contribution is 6.10. The van der Waals surface area contributed by atoms with Crippen molar-refractivity contribution in [2.24, 2.45) is 0 Å². The van der Waals surface area contributed by atoms with Gasteiger partial charge in [-0.1, -0.05) is 129 Å². The number of fused-ring (bicyclic) bond motifs is 3. The van der Waals surface area contributed by atoms with Gasteiger partial charge in [0.05, 0.1) is 0 Å². The van der Waals surface area contributed by atoms with E-state index in [0.29, 0.717) is 17.5 Å². The fourth-order valence-corrected chi connectivity index (χ4v) is 5.66. The molecule has 0 N–H and O–H groups in total. The van der Waals surface area contributed by atoms with E-state index in [4.69, 9.17) is 19.4 Å². The average molecular weight is 568 g/mol. The first-order chi connectivity index (χ1) is 20.2. The Bertz CT molecular complexity index is 1890. The smallest absolute Gasteiger partial charge is 0.164 e. The lowest BCUT2D eigenvalue weighted by Crippen LogP contribution is -2.16. The van der Waals surface area contributed by atoms with E-state index in [1.54, 1.807) is 0 Å². The summed E-state index contributed by atoms with van der Waals surface area (Å²) in [7, 11) is 0. The van der Waals surface area contributed by atoms with E-state index >= 15 is 0 Å². The van der Waals surface area contributed by atoms with Gasteiger partial charge in [-0.15, -0.1) is 0 Å². The van der Waals surface area contributed by atoms with Gasteiger partial charge in [-0.3, -0.25) is 0 Å². The van der Waals surface area contributed by atoms with E-state index in [0.717, 1.165) is 38.8 Å². The molecular formula is C39H41N3O. The molecule has 2 heterocycles. The molecule has 0 bridgehead atoms. The second-order valence-corrected chi connectivity index (χ2v) is 14.7. The topological polar surface area (TPSA) is 51.8 Å². The molecule has 0 unspecified atom stereocenters. The largest absolute Gasteiger partial charge is 0.456 e. The number of benzene rings is 4. The minimum absolute atomic E-state index is 0.00224. The standard InChI is InChI=1S/C39H41N3O/c1-37(2,3)27-22-29(38(4,5)6)32-28-20-26(21-30(39(7,8)9)33(28)43-31(32)23-27)36-41-34(24-16-12-10-13-17-24)40-35(42-36)25-18-14-11-15-19-25/h10-23H,1-9H3. The van der Waals surface area contributed by atoms with Crippen LogP contribution >= 0.6 is 0 Å². The van der Waals surface area contributed by atoms with Crippen molar-refractivity contribution in [2.45, 2.75) is 78.6 Å². The molecule has 0 spiro atoms. The van der Waals surface area contributed by atoms with Crippen LogP contribution in [-0.2, 0) is 16.2 Å². The van der Waals surface area contributed by atoms with E-state index in [1.807, 2.05) is 60.7 Å². The van der Waals surface area contributed by atoms with Crippen LogP contribution in [0.3, 0.4) is 0 Å². The van der Waals surface area contributed by atoms with Crippen LogP contribution in [0.25, 0.3) is 56.1 Å². The summed E-state index contributed by atoms with van der Waals surface area (Å²) in [5, 5.41) is 2.27. The Morgan fingerprint density at radius 2 is 0.977 bits per heavy atom. The molecule has 0 amide bonds. The summed E-state index contributed by atoms with van der Waals surface area (Å²) in [6.07, 6.45) is 0. The Balaban J connectivity index is 1.70. The quantitative estimate of drug-likeness (QED) is 0.213. The monoisotopic (exact) mass is 567 g/mol. The molecule has 0 saturated carbocycles. The molecule has 0 saturated heterocycles. The lowest BCUT2D eigenvalue weighted by molar-refractivity contribution is 0.563. The van der Waals surface area contributed by atoms with Gasteiger partial charge in [0, 0.05) is 33.0 Å². The van der Waals surface area contributed by atoms with Crippen LogP contribution in [0.5, 0.6) is 0 Å². The fourth-order valence-electron chi connectivity index (χ4n) is 5.66. The molecule has 6 rings (SSSR count). The molecule has 0 atom stereocenters. The lowest BCUT2D eigenvalue weighted by atomic mass is 9.78. The Hall–Kier alpha value is -4.31. The summed E-state index contributed by atoms with van der Waals surface area (Å²) in [4.78, 5) is 15.0. The molecule has 4 nitrogen and oxygen atoms in total.